The Labute approximate surface area is 113 Å². The molecular weight excluding hydrogens is 246 g/mol. The van der Waals surface area contributed by atoms with Gasteiger partial charge in [-0.2, -0.15) is 0 Å². The summed E-state index contributed by atoms with van der Waals surface area (Å²) in [6.07, 6.45) is 3.26. The summed E-state index contributed by atoms with van der Waals surface area (Å²) >= 11 is 0. The molecule has 0 aromatic carbocycles. The maximum Gasteiger partial charge on any atom is 0.320 e. The molecule has 2 saturated heterocycles. The van der Waals surface area contributed by atoms with Crippen molar-refractivity contribution in [1.82, 2.24) is 9.80 Å². The number of urea groups is 1. The van der Waals surface area contributed by atoms with E-state index < -0.39 is 11.4 Å². The van der Waals surface area contributed by atoms with Gasteiger partial charge in [0, 0.05) is 32.2 Å². The molecule has 2 aliphatic rings. The molecule has 2 unspecified atom stereocenters. The summed E-state index contributed by atoms with van der Waals surface area (Å²) < 4.78 is 0. The molecule has 2 heterocycles. The molecule has 108 valence electrons. The van der Waals surface area contributed by atoms with Crippen LogP contribution in [0.4, 0.5) is 4.79 Å². The van der Waals surface area contributed by atoms with Crippen LogP contribution >= 0.6 is 0 Å². The van der Waals surface area contributed by atoms with E-state index in [1.807, 2.05) is 0 Å². The Hall–Kier alpha value is -1.30. The third kappa shape index (κ3) is 3.00. The van der Waals surface area contributed by atoms with Crippen molar-refractivity contribution >= 4 is 12.0 Å². The van der Waals surface area contributed by atoms with Gasteiger partial charge in [0.2, 0.25) is 0 Å². The van der Waals surface area contributed by atoms with Gasteiger partial charge < -0.3 is 20.6 Å². The van der Waals surface area contributed by atoms with E-state index in [1.54, 1.807) is 16.7 Å². The monoisotopic (exact) mass is 269 g/mol. The molecule has 0 bridgehead atoms. The number of nitrogens with two attached hydrogens (primary N) is 1. The molecule has 2 aliphatic heterocycles. The van der Waals surface area contributed by atoms with Crippen LogP contribution in [0.3, 0.4) is 0 Å². The van der Waals surface area contributed by atoms with E-state index in [0.29, 0.717) is 26.1 Å². The molecule has 2 rings (SSSR count). The Balaban J connectivity index is 2.01. The predicted octanol–water partition coefficient (Wildman–Crippen LogP) is 0.716. The average molecular weight is 269 g/mol. The highest BCUT2D eigenvalue weighted by molar-refractivity contribution is 5.78. The van der Waals surface area contributed by atoms with Crippen LogP contribution in [0.1, 0.15) is 32.6 Å². The molecule has 0 aromatic heterocycles. The first kappa shape index (κ1) is 14.1. The predicted molar refractivity (Wildman–Crippen MR) is 70.7 cm³/mol. The largest absolute Gasteiger partial charge is 0.481 e. The number of piperidine rings is 2. The van der Waals surface area contributed by atoms with Crippen molar-refractivity contribution in [3.05, 3.63) is 0 Å². The second kappa shape index (κ2) is 5.36. The van der Waals surface area contributed by atoms with Crippen molar-refractivity contribution < 1.29 is 14.7 Å². The molecule has 2 fully saturated rings. The van der Waals surface area contributed by atoms with E-state index in [1.165, 1.54) is 0 Å². The number of carboxylic acids is 1. The van der Waals surface area contributed by atoms with Crippen molar-refractivity contribution in [2.45, 2.75) is 38.6 Å². The number of aliphatic carboxylic acids is 1. The quantitative estimate of drug-likeness (QED) is 0.734. The lowest BCUT2D eigenvalue weighted by Gasteiger charge is -2.41. The molecule has 3 N–H and O–H groups in total. The van der Waals surface area contributed by atoms with Crippen molar-refractivity contribution in [3.8, 4) is 0 Å². The molecule has 0 aliphatic carbocycles. The Morgan fingerprint density at radius 3 is 2.58 bits per heavy atom. The fourth-order valence-electron chi connectivity index (χ4n) is 2.96. The van der Waals surface area contributed by atoms with Crippen LogP contribution in [0.2, 0.25) is 0 Å². The number of hydrogen-bond donors (Lipinski definition) is 2. The van der Waals surface area contributed by atoms with Gasteiger partial charge in [-0.1, -0.05) is 0 Å². The van der Waals surface area contributed by atoms with Gasteiger partial charge in [-0.05, 0) is 32.6 Å². The Morgan fingerprint density at radius 2 is 1.95 bits per heavy atom. The van der Waals surface area contributed by atoms with Crippen LogP contribution in [-0.2, 0) is 4.79 Å². The standard InChI is InChI=1S/C13H23N3O3/c1-13(11(17)18)5-3-7-16(9-13)12(19)15-6-2-4-10(14)8-15/h10H,2-9,14H2,1H3,(H,17,18). The van der Waals surface area contributed by atoms with Gasteiger partial charge in [0.1, 0.15) is 0 Å². The van der Waals surface area contributed by atoms with Gasteiger partial charge in [-0.15, -0.1) is 0 Å². The molecule has 0 radical (unpaired) electrons. The average Bonchev–Trinajstić information content (AvgIpc) is 2.38. The third-order valence-electron chi connectivity index (χ3n) is 4.21. The zero-order chi connectivity index (χ0) is 14.0. The van der Waals surface area contributed by atoms with Crippen molar-refractivity contribution in [2.75, 3.05) is 26.2 Å². The van der Waals surface area contributed by atoms with Crippen molar-refractivity contribution in [1.29, 1.82) is 0 Å². The van der Waals surface area contributed by atoms with Gasteiger partial charge in [0.25, 0.3) is 0 Å². The summed E-state index contributed by atoms with van der Waals surface area (Å²) in [7, 11) is 0. The first-order chi connectivity index (χ1) is 8.92. The van der Waals surface area contributed by atoms with Gasteiger partial charge in [-0.25, -0.2) is 4.79 Å². The second-order valence-electron chi connectivity index (χ2n) is 6.02. The fourth-order valence-corrected chi connectivity index (χ4v) is 2.96. The van der Waals surface area contributed by atoms with Gasteiger partial charge in [0.15, 0.2) is 0 Å². The van der Waals surface area contributed by atoms with Crippen molar-refractivity contribution in [2.24, 2.45) is 11.1 Å². The van der Waals surface area contributed by atoms with Gasteiger partial charge in [-0.3, -0.25) is 4.79 Å². The van der Waals surface area contributed by atoms with Crippen molar-refractivity contribution in [3.63, 3.8) is 0 Å². The summed E-state index contributed by atoms with van der Waals surface area (Å²) in [5.74, 6) is -0.819. The minimum atomic E-state index is -0.819. The number of nitrogens with zero attached hydrogens (tertiary/aromatic N) is 2. The highest BCUT2D eigenvalue weighted by Crippen LogP contribution is 2.30. The van der Waals surface area contributed by atoms with Crippen LogP contribution in [-0.4, -0.2) is 59.1 Å². The summed E-state index contributed by atoms with van der Waals surface area (Å²) in [6.45, 7) is 3.98. The van der Waals surface area contributed by atoms with Crippen LogP contribution < -0.4 is 5.73 Å². The molecular formula is C13H23N3O3. The Bertz CT molecular complexity index is 374. The zero-order valence-corrected chi connectivity index (χ0v) is 11.5. The van der Waals surface area contributed by atoms with Gasteiger partial charge in [0.05, 0.1) is 5.41 Å². The molecule has 6 heteroatoms. The summed E-state index contributed by atoms with van der Waals surface area (Å²) in [6, 6.07) is -0.00401. The Morgan fingerprint density at radius 1 is 1.26 bits per heavy atom. The fraction of sp³-hybridized carbons (Fsp3) is 0.846. The SMILES string of the molecule is CC1(C(=O)O)CCCN(C(=O)N2CCCC(N)C2)C1. The first-order valence-electron chi connectivity index (χ1n) is 6.95. The molecule has 0 aromatic rings. The summed E-state index contributed by atoms with van der Waals surface area (Å²) in [4.78, 5) is 27.2. The van der Waals surface area contributed by atoms with E-state index in [2.05, 4.69) is 0 Å². The molecule has 2 amide bonds. The number of rotatable bonds is 1. The number of likely N-dealkylation sites (tertiary alicyclic amines) is 2. The third-order valence-corrected chi connectivity index (χ3v) is 4.21. The lowest BCUT2D eigenvalue weighted by molar-refractivity contribution is -0.150. The lowest BCUT2D eigenvalue weighted by Crippen LogP contribution is -2.55. The minimum Gasteiger partial charge on any atom is -0.481 e. The lowest BCUT2D eigenvalue weighted by atomic mass is 9.82. The number of carbonyl (C=O) groups excluding carboxylic acids is 1. The van der Waals surface area contributed by atoms with E-state index in [-0.39, 0.29) is 12.1 Å². The minimum absolute atomic E-state index is 0.0494. The van der Waals surface area contributed by atoms with Gasteiger partial charge >= 0.3 is 12.0 Å². The van der Waals surface area contributed by atoms with Crippen LogP contribution in [0.25, 0.3) is 0 Å². The van der Waals surface area contributed by atoms with Crippen LogP contribution in [0.15, 0.2) is 0 Å². The summed E-state index contributed by atoms with van der Waals surface area (Å²) in [5, 5.41) is 9.28. The molecule has 6 nitrogen and oxygen atoms in total. The van der Waals surface area contributed by atoms with E-state index in [4.69, 9.17) is 5.73 Å². The Kier molecular flexibility index (Phi) is 3.99. The maximum absolute atomic E-state index is 12.4. The van der Waals surface area contributed by atoms with E-state index >= 15 is 0 Å². The first-order valence-corrected chi connectivity index (χ1v) is 6.95. The topological polar surface area (TPSA) is 86.9 Å². The molecule has 2 atom stereocenters. The number of carboxylic acid groups (broad SMARTS) is 1. The maximum atomic E-state index is 12.4. The van der Waals surface area contributed by atoms with E-state index in [9.17, 15) is 14.7 Å². The summed E-state index contributed by atoms with van der Waals surface area (Å²) in [5.41, 5.74) is 5.07. The highest BCUT2D eigenvalue weighted by atomic mass is 16.4. The number of carbonyl (C=O) groups is 2. The second-order valence-corrected chi connectivity index (χ2v) is 6.02. The molecule has 0 spiro atoms. The van der Waals surface area contributed by atoms with Crippen LogP contribution in [0.5, 0.6) is 0 Å². The zero-order valence-electron chi connectivity index (χ0n) is 11.5. The number of amides is 2. The smallest absolute Gasteiger partial charge is 0.320 e. The van der Waals surface area contributed by atoms with Crippen LogP contribution in [0, 0.1) is 5.41 Å². The number of hydrogen-bond acceptors (Lipinski definition) is 3. The molecule has 19 heavy (non-hydrogen) atoms. The highest BCUT2D eigenvalue weighted by Gasteiger charge is 2.40. The normalized spacial score (nSPS) is 32.2. The van der Waals surface area contributed by atoms with E-state index in [0.717, 1.165) is 25.8 Å². The molecule has 0 saturated carbocycles.